The third kappa shape index (κ3) is 12.1. The number of alkyl halides is 1. The highest BCUT2D eigenvalue weighted by Gasteiger charge is 2.47. The molecule has 0 radical (unpaired) electrons. The summed E-state index contributed by atoms with van der Waals surface area (Å²) < 4.78 is 19.6. The standard InChI is InChI=1S/C38H65IN2O8/c1-10-32-29(19-39)16-22(2)11-12-30(42)25(5)17-28(13-14-41-20-23(3)15-24(4)21-41)37(26(6)31(43)18-33(44)48-32)49-38-36(46)34(40(8)9)35(45)27(7)47-38/h11-12,16,23-29,31-32,34-38,43,45-46H,10,13-15,17-21H2,1-9H3/b12-11+,22-16+/t23?,24?,25-,26+,27-,28+,29-,31-,32-,34+,35-,36-,37-,38+/m1/s1. The van der Waals surface area contributed by atoms with E-state index in [1.54, 1.807) is 32.0 Å². The molecular weight excluding hydrogens is 739 g/mol. The van der Waals surface area contributed by atoms with Gasteiger partial charge in [-0.2, -0.15) is 0 Å². The number of rotatable bonds is 8. The lowest BCUT2D eigenvalue weighted by molar-refractivity contribution is -0.304. The Bertz CT molecular complexity index is 1110. The van der Waals surface area contributed by atoms with E-state index in [4.69, 9.17) is 14.2 Å². The Morgan fingerprint density at radius 3 is 2.24 bits per heavy atom. The van der Waals surface area contributed by atoms with Gasteiger partial charge in [-0.05, 0) is 84.0 Å². The minimum absolute atomic E-state index is 0.0138. The molecule has 14 atom stereocenters. The van der Waals surface area contributed by atoms with Crippen LogP contribution < -0.4 is 0 Å². The summed E-state index contributed by atoms with van der Waals surface area (Å²) in [4.78, 5) is 31.2. The van der Waals surface area contributed by atoms with Crippen molar-refractivity contribution in [1.82, 2.24) is 9.80 Å². The summed E-state index contributed by atoms with van der Waals surface area (Å²) in [6, 6.07) is -0.635. The van der Waals surface area contributed by atoms with E-state index in [9.17, 15) is 24.9 Å². The number of carbonyl (C=O) groups is 2. The maximum absolute atomic E-state index is 13.6. The van der Waals surface area contributed by atoms with Crippen LogP contribution in [-0.4, -0.2) is 124 Å². The molecule has 3 aliphatic heterocycles. The Labute approximate surface area is 309 Å². The minimum atomic E-state index is -1.17. The van der Waals surface area contributed by atoms with Crippen molar-refractivity contribution in [2.75, 3.05) is 38.2 Å². The van der Waals surface area contributed by atoms with Gasteiger partial charge in [0.25, 0.3) is 0 Å². The molecule has 0 aliphatic carbocycles. The van der Waals surface area contributed by atoms with Gasteiger partial charge in [-0.3, -0.25) is 9.59 Å². The SMILES string of the molecule is CC[C@H]1OC(=O)C[C@@H](O)[C@H](C)[C@@H](O[C@@H]2O[C@H](C)[C@@H](O)[C@H](N(C)C)[C@H]2O)[C@@H](CCN2CC(C)CC(C)C2)C[C@@H](C)C(=O)/C=C/C(C)=C/[C@@H]1CI. The number of esters is 1. The van der Waals surface area contributed by atoms with E-state index in [0.717, 1.165) is 29.6 Å². The van der Waals surface area contributed by atoms with Gasteiger partial charge in [-0.15, -0.1) is 0 Å². The second kappa shape index (κ2) is 19.8. The van der Waals surface area contributed by atoms with Gasteiger partial charge >= 0.3 is 5.97 Å². The summed E-state index contributed by atoms with van der Waals surface area (Å²) in [6.07, 6.45) is 2.40. The van der Waals surface area contributed by atoms with Crippen molar-refractivity contribution < 1.29 is 39.1 Å². The number of aliphatic hydroxyl groups is 3. The average Bonchev–Trinajstić information content (AvgIpc) is 3.03. The van der Waals surface area contributed by atoms with Crippen LogP contribution in [0.25, 0.3) is 0 Å². The zero-order valence-corrected chi connectivity index (χ0v) is 33.5. The number of cyclic esters (lactones) is 1. The van der Waals surface area contributed by atoms with Crippen LogP contribution in [0.15, 0.2) is 23.8 Å². The number of likely N-dealkylation sites (N-methyl/N-ethyl adjacent to an activating group) is 1. The number of likely N-dealkylation sites (tertiary alicyclic amines) is 1. The van der Waals surface area contributed by atoms with Crippen LogP contribution in [0.5, 0.6) is 0 Å². The maximum atomic E-state index is 13.6. The van der Waals surface area contributed by atoms with Crippen molar-refractivity contribution >= 4 is 34.3 Å². The first-order chi connectivity index (χ1) is 23.1. The number of ether oxygens (including phenoxy) is 3. The number of hydrogen-bond acceptors (Lipinski definition) is 10. The smallest absolute Gasteiger partial charge is 0.308 e. The molecule has 2 saturated heterocycles. The van der Waals surface area contributed by atoms with Gasteiger partial charge in [-0.1, -0.05) is 74.9 Å². The van der Waals surface area contributed by atoms with E-state index in [1.165, 1.54) is 6.42 Å². The van der Waals surface area contributed by atoms with Gasteiger partial charge in [0.2, 0.25) is 0 Å². The number of allylic oxidation sites excluding steroid dienone is 3. The van der Waals surface area contributed by atoms with Crippen LogP contribution in [0.4, 0.5) is 0 Å². The largest absolute Gasteiger partial charge is 0.462 e. The van der Waals surface area contributed by atoms with Crippen LogP contribution >= 0.6 is 22.6 Å². The van der Waals surface area contributed by atoms with E-state index in [2.05, 4.69) is 47.4 Å². The number of halogens is 1. The predicted octanol–water partition coefficient (Wildman–Crippen LogP) is 4.62. The van der Waals surface area contributed by atoms with Crippen molar-refractivity contribution in [3.63, 3.8) is 0 Å². The number of hydrogen-bond donors (Lipinski definition) is 3. The number of piperidine rings is 1. The monoisotopic (exact) mass is 804 g/mol. The second-order valence-electron chi connectivity index (χ2n) is 15.7. The van der Waals surface area contributed by atoms with Crippen molar-refractivity contribution in [2.24, 2.45) is 35.5 Å². The van der Waals surface area contributed by atoms with Gasteiger partial charge in [0.05, 0.1) is 36.9 Å². The molecule has 0 spiro atoms. The zero-order chi connectivity index (χ0) is 36.6. The molecule has 3 N–H and O–H groups in total. The van der Waals surface area contributed by atoms with Crippen molar-refractivity contribution in [3.05, 3.63) is 23.8 Å². The Kier molecular flexibility index (Phi) is 17.1. The molecule has 11 heteroatoms. The second-order valence-corrected chi connectivity index (χ2v) is 16.5. The summed E-state index contributed by atoms with van der Waals surface area (Å²) >= 11 is 2.29. The molecule has 10 nitrogen and oxygen atoms in total. The van der Waals surface area contributed by atoms with Crippen LogP contribution in [-0.2, 0) is 23.8 Å². The molecule has 0 aromatic rings. The number of aliphatic hydroxyl groups excluding tert-OH is 3. The molecule has 49 heavy (non-hydrogen) atoms. The van der Waals surface area contributed by atoms with Gasteiger partial charge in [0, 0.05) is 35.3 Å². The third-order valence-corrected chi connectivity index (χ3v) is 11.9. The van der Waals surface area contributed by atoms with E-state index in [0.29, 0.717) is 31.1 Å². The molecule has 2 fully saturated rings. The normalized spacial score (nSPS) is 42.8. The molecule has 3 aliphatic rings. The van der Waals surface area contributed by atoms with Gasteiger partial charge in [-0.25, -0.2) is 0 Å². The summed E-state index contributed by atoms with van der Waals surface area (Å²) in [6.45, 7) is 16.8. The maximum Gasteiger partial charge on any atom is 0.308 e. The number of carbonyl (C=O) groups excluding carboxylic acids is 2. The highest BCUT2D eigenvalue weighted by molar-refractivity contribution is 14.1. The molecule has 2 unspecified atom stereocenters. The van der Waals surface area contributed by atoms with Crippen molar-refractivity contribution in [3.8, 4) is 0 Å². The molecule has 282 valence electrons. The molecule has 0 aromatic carbocycles. The Hall–Kier alpha value is -0.930. The predicted molar refractivity (Wildman–Crippen MR) is 200 cm³/mol. The topological polar surface area (TPSA) is 129 Å². The number of ketones is 1. The lowest BCUT2D eigenvalue weighted by Crippen LogP contribution is -2.63. The first kappa shape index (κ1) is 42.5. The fourth-order valence-corrected chi connectivity index (χ4v) is 8.98. The summed E-state index contributed by atoms with van der Waals surface area (Å²) in [5.74, 6) is -0.444. The van der Waals surface area contributed by atoms with E-state index >= 15 is 0 Å². The van der Waals surface area contributed by atoms with Crippen molar-refractivity contribution in [1.29, 1.82) is 0 Å². The van der Waals surface area contributed by atoms with E-state index in [-0.39, 0.29) is 36.1 Å². The molecule has 0 aromatic heterocycles. The van der Waals surface area contributed by atoms with Crippen LogP contribution in [0.3, 0.4) is 0 Å². The summed E-state index contributed by atoms with van der Waals surface area (Å²) in [5.41, 5.74) is 0.929. The molecular formula is C38H65IN2O8. The highest BCUT2D eigenvalue weighted by atomic mass is 127. The molecule has 0 bridgehead atoms. The van der Waals surface area contributed by atoms with E-state index < -0.39 is 54.7 Å². The zero-order valence-electron chi connectivity index (χ0n) is 31.3. The first-order valence-corrected chi connectivity index (χ1v) is 20.0. The van der Waals surface area contributed by atoms with Gasteiger partial charge in [0.15, 0.2) is 12.1 Å². The fourth-order valence-electron chi connectivity index (χ4n) is 8.15. The van der Waals surface area contributed by atoms with Gasteiger partial charge in [0.1, 0.15) is 12.2 Å². The van der Waals surface area contributed by atoms with Crippen LogP contribution in [0.1, 0.15) is 80.6 Å². The van der Waals surface area contributed by atoms with Crippen molar-refractivity contribution in [2.45, 2.75) is 130 Å². The third-order valence-electron chi connectivity index (χ3n) is 10.9. The Morgan fingerprint density at radius 2 is 1.65 bits per heavy atom. The molecule has 3 rings (SSSR count). The highest BCUT2D eigenvalue weighted by Crippen LogP contribution is 2.35. The van der Waals surface area contributed by atoms with Gasteiger partial charge < -0.3 is 39.3 Å². The molecule has 3 heterocycles. The minimum Gasteiger partial charge on any atom is -0.462 e. The summed E-state index contributed by atoms with van der Waals surface area (Å²) in [5, 5.41) is 34.0. The van der Waals surface area contributed by atoms with E-state index in [1.807, 2.05) is 33.8 Å². The fraction of sp³-hybridized carbons (Fsp3) is 0.842. The molecule has 0 saturated carbocycles. The molecule has 0 amide bonds. The number of nitrogens with zero attached hydrogens (tertiary/aromatic N) is 2. The van der Waals surface area contributed by atoms with Crippen LogP contribution in [0, 0.1) is 35.5 Å². The Balaban J connectivity index is 2.04. The Morgan fingerprint density at radius 1 is 1.00 bits per heavy atom. The lowest BCUT2D eigenvalue weighted by Gasteiger charge is -2.47. The first-order valence-electron chi connectivity index (χ1n) is 18.5. The quantitative estimate of drug-likeness (QED) is 0.182. The van der Waals surface area contributed by atoms with Crippen LogP contribution in [0.2, 0.25) is 0 Å². The average molecular weight is 805 g/mol. The summed E-state index contributed by atoms with van der Waals surface area (Å²) in [7, 11) is 3.59. The lowest BCUT2D eigenvalue weighted by atomic mass is 9.79.